The van der Waals surface area contributed by atoms with Crippen LogP contribution >= 0.6 is 0 Å². The van der Waals surface area contributed by atoms with Crippen molar-refractivity contribution in [1.82, 2.24) is 0 Å². The van der Waals surface area contributed by atoms with Gasteiger partial charge in [0.25, 0.3) is 0 Å². The fourth-order valence-corrected chi connectivity index (χ4v) is 2.52. The zero-order valence-corrected chi connectivity index (χ0v) is 10.8. The quantitative estimate of drug-likeness (QED) is 0.872. The predicted molar refractivity (Wildman–Crippen MR) is 66.3 cm³/mol. The van der Waals surface area contributed by atoms with Crippen molar-refractivity contribution in [3.63, 3.8) is 0 Å². The third-order valence-corrected chi connectivity index (χ3v) is 3.53. The first kappa shape index (κ1) is 13.0. The lowest BCUT2D eigenvalue weighted by Crippen LogP contribution is -2.53. The first-order valence-corrected chi connectivity index (χ1v) is 6.46. The lowest BCUT2D eigenvalue weighted by atomic mass is 10.0. The highest BCUT2D eigenvalue weighted by molar-refractivity contribution is 5.16. The van der Waals surface area contributed by atoms with E-state index in [4.69, 9.17) is 18.9 Å². The second kappa shape index (κ2) is 5.56. The third kappa shape index (κ3) is 2.66. The van der Waals surface area contributed by atoms with Gasteiger partial charge in [-0.3, -0.25) is 0 Å². The highest BCUT2D eigenvalue weighted by Crippen LogP contribution is 2.33. The van der Waals surface area contributed by atoms with E-state index in [2.05, 4.69) is 0 Å². The molecular formula is C14H18O5. The summed E-state index contributed by atoms with van der Waals surface area (Å²) in [5, 5.41) is 9.89. The van der Waals surface area contributed by atoms with Gasteiger partial charge in [-0.2, -0.15) is 0 Å². The minimum atomic E-state index is -0.666. The van der Waals surface area contributed by atoms with Crippen LogP contribution in [0.1, 0.15) is 18.3 Å². The summed E-state index contributed by atoms with van der Waals surface area (Å²) in [6.07, 6.45) is -1.51. The Balaban J connectivity index is 1.68. The molecule has 1 aromatic carbocycles. The maximum absolute atomic E-state index is 9.89. The van der Waals surface area contributed by atoms with E-state index in [0.717, 1.165) is 5.56 Å². The SMILES string of the molecule is CO[C@@H]1O[C@@H]2CO[C@H](c3ccccc3)O[C@@H]2C[C@H]1O. The summed E-state index contributed by atoms with van der Waals surface area (Å²) in [6, 6.07) is 9.76. The molecule has 19 heavy (non-hydrogen) atoms. The molecule has 2 aliphatic rings. The minimum Gasteiger partial charge on any atom is -0.388 e. The van der Waals surface area contributed by atoms with E-state index in [9.17, 15) is 5.11 Å². The van der Waals surface area contributed by atoms with Gasteiger partial charge in [0.15, 0.2) is 12.6 Å². The highest BCUT2D eigenvalue weighted by Gasteiger charge is 2.42. The molecule has 0 aromatic heterocycles. The first-order chi connectivity index (χ1) is 9.28. The number of methoxy groups -OCH3 is 1. The molecule has 1 N–H and O–H groups in total. The molecule has 5 heteroatoms. The molecule has 0 bridgehead atoms. The Bertz CT molecular complexity index is 410. The summed E-state index contributed by atoms with van der Waals surface area (Å²) >= 11 is 0. The molecular weight excluding hydrogens is 248 g/mol. The molecule has 0 spiro atoms. The lowest BCUT2D eigenvalue weighted by Gasteiger charge is -2.43. The molecule has 5 atom stereocenters. The van der Waals surface area contributed by atoms with Crippen LogP contribution in [0.5, 0.6) is 0 Å². The van der Waals surface area contributed by atoms with Crippen LogP contribution in [0.15, 0.2) is 30.3 Å². The van der Waals surface area contributed by atoms with Gasteiger partial charge in [-0.15, -0.1) is 0 Å². The Kier molecular flexibility index (Phi) is 3.81. The summed E-state index contributed by atoms with van der Waals surface area (Å²) in [5.41, 5.74) is 0.976. The van der Waals surface area contributed by atoms with E-state index in [1.807, 2.05) is 30.3 Å². The average molecular weight is 266 g/mol. The molecule has 1 aromatic rings. The van der Waals surface area contributed by atoms with Crippen molar-refractivity contribution in [2.75, 3.05) is 13.7 Å². The van der Waals surface area contributed by atoms with Gasteiger partial charge in [-0.1, -0.05) is 30.3 Å². The number of aliphatic hydroxyl groups excluding tert-OH is 1. The fraction of sp³-hybridized carbons (Fsp3) is 0.571. The van der Waals surface area contributed by atoms with E-state index in [-0.39, 0.29) is 12.2 Å². The molecule has 2 fully saturated rings. The van der Waals surface area contributed by atoms with Gasteiger partial charge in [-0.05, 0) is 0 Å². The van der Waals surface area contributed by atoms with E-state index in [0.29, 0.717) is 13.0 Å². The molecule has 104 valence electrons. The second-order valence-corrected chi connectivity index (χ2v) is 4.83. The van der Waals surface area contributed by atoms with Crippen molar-refractivity contribution >= 4 is 0 Å². The van der Waals surface area contributed by atoms with E-state index >= 15 is 0 Å². The number of hydrogen-bond acceptors (Lipinski definition) is 5. The molecule has 2 aliphatic heterocycles. The average Bonchev–Trinajstić information content (AvgIpc) is 2.47. The van der Waals surface area contributed by atoms with Crippen molar-refractivity contribution in [2.24, 2.45) is 0 Å². The number of ether oxygens (including phenoxy) is 4. The van der Waals surface area contributed by atoms with Crippen LogP contribution in [0.3, 0.4) is 0 Å². The number of hydrogen-bond donors (Lipinski definition) is 1. The van der Waals surface area contributed by atoms with Crippen LogP contribution in [-0.2, 0) is 18.9 Å². The Morgan fingerprint density at radius 2 is 1.95 bits per heavy atom. The zero-order chi connectivity index (χ0) is 13.2. The van der Waals surface area contributed by atoms with Gasteiger partial charge >= 0.3 is 0 Å². The van der Waals surface area contributed by atoms with Crippen LogP contribution in [-0.4, -0.2) is 43.4 Å². The van der Waals surface area contributed by atoms with Gasteiger partial charge in [0.2, 0.25) is 0 Å². The van der Waals surface area contributed by atoms with Gasteiger partial charge in [0, 0.05) is 19.1 Å². The molecule has 2 heterocycles. The van der Waals surface area contributed by atoms with Crippen LogP contribution in [0.4, 0.5) is 0 Å². The van der Waals surface area contributed by atoms with E-state index in [1.54, 1.807) is 0 Å². The molecule has 0 amide bonds. The van der Waals surface area contributed by atoms with Crippen LogP contribution < -0.4 is 0 Å². The summed E-state index contributed by atoms with van der Waals surface area (Å²) in [4.78, 5) is 0. The Morgan fingerprint density at radius 1 is 1.16 bits per heavy atom. The topological polar surface area (TPSA) is 57.2 Å². The number of benzene rings is 1. The molecule has 0 unspecified atom stereocenters. The van der Waals surface area contributed by atoms with Crippen molar-refractivity contribution in [2.45, 2.75) is 37.3 Å². The molecule has 5 nitrogen and oxygen atoms in total. The van der Waals surface area contributed by atoms with E-state index in [1.165, 1.54) is 7.11 Å². The normalized spacial score (nSPS) is 38.7. The Morgan fingerprint density at radius 3 is 2.68 bits per heavy atom. The van der Waals surface area contributed by atoms with Crippen molar-refractivity contribution in [3.8, 4) is 0 Å². The number of rotatable bonds is 2. The zero-order valence-electron chi connectivity index (χ0n) is 10.8. The van der Waals surface area contributed by atoms with Crippen LogP contribution in [0, 0.1) is 0 Å². The number of fused-ring (bicyclic) bond motifs is 1. The largest absolute Gasteiger partial charge is 0.388 e. The molecule has 2 saturated heterocycles. The smallest absolute Gasteiger partial charge is 0.184 e. The second-order valence-electron chi connectivity index (χ2n) is 4.83. The van der Waals surface area contributed by atoms with E-state index < -0.39 is 18.7 Å². The maximum Gasteiger partial charge on any atom is 0.184 e. The molecule has 0 aliphatic carbocycles. The minimum absolute atomic E-state index is 0.166. The highest BCUT2D eigenvalue weighted by atomic mass is 16.7. The summed E-state index contributed by atoms with van der Waals surface area (Å²) < 4.78 is 22.2. The fourth-order valence-electron chi connectivity index (χ4n) is 2.52. The molecule has 0 radical (unpaired) electrons. The summed E-state index contributed by atoms with van der Waals surface area (Å²) in [7, 11) is 1.52. The third-order valence-electron chi connectivity index (χ3n) is 3.53. The Labute approximate surface area is 112 Å². The maximum atomic E-state index is 9.89. The number of aliphatic hydroxyl groups is 1. The summed E-state index contributed by atoms with van der Waals surface area (Å²) in [6.45, 7) is 0.441. The van der Waals surface area contributed by atoms with Crippen molar-refractivity contribution in [1.29, 1.82) is 0 Å². The summed E-state index contributed by atoms with van der Waals surface area (Å²) in [5.74, 6) is 0. The van der Waals surface area contributed by atoms with Crippen molar-refractivity contribution in [3.05, 3.63) is 35.9 Å². The molecule has 3 rings (SSSR count). The van der Waals surface area contributed by atoms with Crippen LogP contribution in [0.25, 0.3) is 0 Å². The monoisotopic (exact) mass is 266 g/mol. The van der Waals surface area contributed by atoms with Gasteiger partial charge in [-0.25, -0.2) is 0 Å². The van der Waals surface area contributed by atoms with Gasteiger partial charge in [0.1, 0.15) is 12.2 Å². The lowest BCUT2D eigenvalue weighted by molar-refractivity contribution is -0.333. The Hall–Kier alpha value is -0.980. The van der Waals surface area contributed by atoms with Gasteiger partial charge in [0.05, 0.1) is 12.7 Å². The van der Waals surface area contributed by atoms with Crippen LogP contribution in [0.2, 0.25) is 0 Å². The first-order valence-electron chi connectivity index (χ1n) is 6.46. The molecule has 0 saturated carbocycles. The van der Waals surface area contributed by atoms with Gasteiger partial charge < -0.3 is 24.1 Å². The predicted octanol–water partition coefficient (Wildman–Crippen LogP) is 1.22. The van der Waals surface area contributed by atoms with Crippen molar-refractivity contribution < 1.29 is 24.1 Å². The standard InChI is InChI=1S/C14H18O5/c1-16-14-10(15)7-11-12(19-14)8-17-13(18-11)9-5-3-2-4-6-9/h2-6,10-15H,7-8H2,1H3/t10-,11-,12-,13+,14-/m1/s1.